The molecular weight excluding hydrogens is 322 g/mol. The lowest BCUT2D eigenvalue weighted by Gasteiger charge is -2.36. The first-order valence-corrected chi connectivity index (χ1v) is 9.60. The largest absolute Gasteiger partial charge is 0.368 e. The molecule has 0 saturated carbocycles. The van der Waals surface area contributed by atoms with E-state index in [1.54, 1.807) is 10.4 Å². The summed E-state index contributed by atoms with van der Waals surface area (Å²) < 4.78 is 33.8. The maximum Gasteiger partial charge on any atom is 0.243 e. The van der Waals surface area contributed by atoms with Gasteiger partial charge in [0.1, 0.15) is 0 Å². The van der Waals surface area contributed by atoms with Crippen molar-refractivity contribution in [2.45, 2.75) is 37.9 Å². The van der Waals surface area contributed by atoms with Crippen molar-refractivity contribution < 1.29 is 13.2 Å². The van der Waals surface area contributed by atoms with Gasteiger partial charge in [-0.3, -0.25) is 0 Å². The van der Waals surface area contributed by atoms with Gasteiger partial charge >= 0.3 is 0 Å². The van der Waals surface area contributed by atoms with Gasteiger partial charge in [-0.15, -0.1) is 0 Å². The molecule has 0 aliphatic carbocycles. The van der Waals surface area contributed by atoms with Crippen LogP contribution in [-0.2, 0) is 14.8 Å². The minimum atomic E-state index is -3.54. The van der Waals surface area contributed by atoms with Crippen LogP contribution in [0.15, 0.2) is 53.4 Å². The van der Waals surface area contributed by atoms with Crippen LogP contribution in [0.1, 0.15) is 29.7 Å². The van der Waals surface area contributed by atoms with Crippen molar-refractivity contribution in [1.29, 1.82) is 0 Å². The minimum Gasteiger partial charge on any atom is -0.368 e. The van der Waals surface area contributed by atoms with Crippen LogP contribution in [-0.4, -0.2) is 31.9 Å². The second kappa shape index (κ2) is 6.67. The van der Waals surface area contributed by atoms with E-state index in [-0.39, 0.29) is 12.2 Å². The molecule has 1 fully saturated rings. The molecule has 2 unspecified atom stereocenters. The Balaban J connectivity index is 1.94. The molecule has 0 aromatic heterocycles. The second-order valence-corrected chi connectivity index (χ2v) is 8.34. The molecule has 2 aromatic carbocycles. The molecule has 0 spiro atoms. The zero-order valence-corrected chi connectivity index (χ0v) is 15.1. The van der Waals surface area contributed by atoms with E-state index in [9.17, 15) is 8.42 Å². The molecule has 2 aromatic rings. The highest BCUT2D eigenvalue weighted by Crippen LogP contribution is 2.30. The van der Waals surface area contributed by atoms with Crippen LogP contribution < -0.4 is 0 Å². The second-order valence-electron chi connectivity index (χ2n) is 6.44. The number of rotatable bonds is 3. The van der Waals surface area contributed by atoms with E-state index in [0.29, 0.717) is 18.0 Å². The van der Waals surface area contributed by atoms with Crippen molar-refractivity contribution in [2.75, 3.05) is 13.1 Å². The van der Waals surface area contributed by atoms with Crippen molar-refractivity contribution in [3.8, 4) is 0 Å². The van der Waals surface area contributed by atoms with E-state index in [4.69, 9.17) is 4.74 Å². The van der Waals surface area contributed by atoms with E-state index in [1.807, 2.05) is 63.2 Å². The van der Waals surface area contributed by atoms with E-state index in [2.05, 4.69) is 0 Å². The molecule has 0 N–H and O–H groups in total. The Bertz CT molecular complexity index is 818. The summed E-state index contributed by atoms with van der Waals surface area (Å²) in [6, 6.07) is 15.3. The van der Waals surface area contributed by atoms with Gasteiger partial charge in [-0.05, 0) is 43.5 Å². The Morgan fingerprint density at radius 1 is 1.04 bits per heavy atom. The van der Waals surface area contributed by atoms with Gasteiger partial charge in [0, 0.05) is 13.1 Å². The Hall–Kier alpha value is -1.69. The fourth-order valence-corrected chi connectivity index (χ4v) is 4.91. The molecule has 128 valence electrons. The van der Waals surface area contributed by atoms with Crippen molar-refractivity contribution in [1.82, 2.24) is 4.31 Å². The standard InChI is InChI=1S/C19H23NO3S/c1-14-9-10-15(2)19(11-14)24(21,22)20-12-16(3)23-18(13-20)17-7-5-4-6-8-17/h4-11,16,18H,12-13H2,1-3H3. The third kappa shape index (κ3) is 3.38. The lowest BCUT2D eigenvalue weighted by atomic mass is 10.1. The molecule has 0 amide bonds. The average molecular weight is 345 g/mol. The van der Waals surface area contributed by atoms with Gasteiger partial charge in [0.15, 0.2) is 0 Å². The highest BCUT2D eigenvalue weighted by molar-refractivity contribution is 7.89. The molecule has 1 saturated heterocycles. The number of ether oxygens (including phenoxy) is 1. The van der Waals surface area contributed by atoms with Crippen LogP contribution in [0.3, 0.4) is 0 Å². The van der Waals surface area contributed by atoms with Gasteiger partial charge < -0.3 is 4.74 Å². The summed E-state index contributed by atoms with van der Waals surface area (Å²) in [5.41, 5.74) is 2.72. The Labute approximate surface area is 144 Å². The molecule has 2 atom stereocenters. The Morgan fingerprint density at radius 3 is 2.46 bits per heavy atom. The third-order valence-corrected chi connectivity index (χ3v) is 6.33. The number of hydrogen-bond acceptors (Lipinski definition) is 3. The molecule has 1 aliphatic heterocycles. The van der Waals surface area contributed by atoms with Crippen LogP contribution >= 0.6 is 0 Å². The number of benzene rings is 2. The lowest BCUT2D eigenvalue weighted by Crippen LogP contribution is -2.46. The molecular formula is C19H23NO3S. The number of morpholine rings is 1. The smallest absolute Gasteiger partial charge is 0.243 e. The third-order valence-electron chi connectivity index (χ3n) is 4.36. The summed E-state index contributed by atoms with van der Waals surface area (Å²) >= 11 is 0. The lowest BCUT2D eigenvalue weighted by molar-refractivity contribution is -0.0557. The van der Waals surface area contributed by atoms with Crippen molar-refractivity contribution in [2.24, 2.45) is 0 Å². The summed E-state index contributed by atoms with van der Waals surface area (Å²) in [6.07, 6.45) is -0.390. The quantitative estimate of drug-likeness (QED) is 0.856. The van der Waals surface area contributed by atoms with E-state index in [0.717, 1.165) is 16.7 Å². The molecule has 0 radical (unpaired) electrons. The summed E-state index contributed by atoms with van der Waals surface area (Å²) in [7, 11) is -3.54. The Kier molecular flexibility index (Phi) is 4.76. The zero-order valence-electron chi connectivity index (χ0n) is 14.3. The monoisotopic (exact) mass is 345 g/mol. The first kappa shape index (κ1) is 17.1. The topological polar surface area (TPSA) is 46.6 Å². The highest BCUT2D eigenvalue weighted by Gasteiger charge is 2.35. The van der Waals surface area contributed by atoms with Crippen LogP contribution in [0.25, 0.3) is 0 Å². The predicted octanol–water partition coefficient (Wildman–Crippen LogP) is 3.45. The van der Waals surface area contributed by atoms with Crippen LogP contribution in [0.4, 0.5) is 0 Å². The number of aryl methyl sites for hydroxylation is 2. The predicted molar refractivity (Wildman–Crippen MR) is 94.4 cm³/mol. The molecule has 3 rings (SSSR count). The van der Waals surface area contributed by atoms with E-state index < -0.39 is 10.0 Å². The molecule has 1 aliphatic rings. The number of sulfonamides is 1. The molecule has 0 bridgehead atoms. The Morgan fingerprint density at radius 2 is 1.75 bits per heavy atom. The fourth-order valence-electron chi connectivity index (χ4n) is 3.08. The van der Waals surface area contributed by atoms with Crippen molar-refractivity contribution in [3.63, 3.8) is 0 Å². The van der Waals surface area contributed by atoms with Crippen LogP contribution in [0.5, 0.6) is 0 Å². The fraction of sp³-hybridized carbons (Fsp3) is 0.368. The summed E-state index contributed by atoms with van der Waals surface area (Å²) in [5, 5.41) is 0. The highest BCUT2D eigenvalue weighted by atomic mass is 32.2. The van der Waals surface area contributed by atoms with Gasteiger partial charge in [0.2, 0.25) is 10.0 Å². The summed E-state index contributed by atoms with van der Waals surface area (Å²) in [4.78, 5) is 0.392. The summed E-state index contributed by atoms with van der Waals surface area (Å²) in [6.45, 7) is 6.38. The van der Waals surface area contributed by atoms with Gasteiger partial charge in [-0.25, -0.2) is 8.42 Å². The van der Waals surface area contributed by atoms with E-state index in [1.165, 1.54) is 0 Å². The molecule has 1 heterocycles. The maximum absolute atomic E-state index is 13.2. The van der Waals surface area contributed by atoms with Crippen LogP contribution in [0, 0.1) is 13.8 Å². The number of nitrogens with zero attached hydrogens (tertiary/aromatic N) is 1. The van der Waals surface area contributed by atoms with Gasteiger partial charge in [-0.1, -0.05) is 42.5 Å². The van der Waals surface area contributed by atoms with Crippen molar-refractivity contribution >= 4 is 10.0 Å². The first-order valence-electron chi connectivity index (χ1n) is 8.16. The van der Waals surface area contributed by atoms with Gasteiger partial charge in [0.25, 0.3) is 0 Å². The molecule has 4 nitrogen and oxygen atoms in total. The van der Waals surface area contributed by atoms with Crippen molar-refractivity contribution in [3.05, 3.63) is 65.2 Å². The number of hydrogen-bond donors (Lipinski definition) is 0. The van der Waals surface area contributed by atoms with Crippen LogP contribution in [0.2, 0.25) is 0 Å². The van der Waals surface area contributed by atoms with Gasteiger partial charge in [-0.2, -0.15) is 4.31 Å². The van der Waals surface area contributed by atoms with E-state index >= 15 is 0 Å². The summed E-state index contributed by atoms with van der Waals surface area (Å²) in [5.74, 6) is 0. The normalized spacial score (nSPS) is 22.5. The minimum absolute atomic E-state index is 0.149. The maximum atomic E-state index is 13.2. The van der Waals surface area contributed by atoms with Gasteiger partial charge in [0.05, 0.1) is 17.1 Å². The zero-order chi connectivity index (χ0) is 17.3. The molecule has 24 heavy (non-hydrogen) atoms. The SMILES string of the molecule is Cc1ccc(C)c(S(=O)(=O)N2CC(C)OC(c3ccccc3)C2)c1. The average Bonchev–Trinajstić information content (AvgIpc) is 2.57. The molecule has 5 heteroatoms. The first-order chi connectivity index (χ1) is 11.4.